The largest absolute Gasteiger partial charge is 0.341 e. The summed E-state index contributed by atoms with van der Waals surface area (Å²) in [6.07, 6.45) is 2.60. The molecule has 0 aliphatic heterocycles. The van der Waals surface area contributed by atoms with Crippen molar-refractivity contribution in [2.24, 2.45) is 0 Å². The summed E-state index contributed by atoms with van der Waals surface area (Å²) in [5.41, 5.74) is 0.317. The normalized spacial score (nSPS) is 11.5. The Bertz CT molecular complexity index is 1310. The van der Waals surface area contributed by atoms with Crippen LogP contribution in [0, 0.1) is 20.2 Å². The number of carbonyl (C=O) groups is 1. The first-order valence-corrected chi connectivity index (χ1v) is 11.4. The van der Waals surface area contributed by atoms with E-state index in [-0.39, 0.29) is 47.5 Å². The molecule has 0 radical (unpaired) electrons. The third kappa shape index (κ3) is 5.15. The molecule has 0 aliphatic carbocycles. The Hall–Kier alpha value is -3.64. The molecule has 0 spiro atoms. The number of rotatable bonds is 10. The standard InChI is InChI=1S/C20H20N4O7S/c1-32(30,31)21-10-5-11-22-13-16(15-7-4-9-18(20(15)22)24(28)29)19(25)12-14-6-2-3-8-17(14)23(26)27/h2-4,6-9,13,21H,5,10-12H2,1H3. The Morgan fingerprint density at radius 1 is 1.03 bits per heavy atom. The lowest BCUT2D eigenvalue weighted by atomic mass is 10.0. The van der Waals surface area contributed by atoms with E-state index in [1.165, 1.54) is 36.5 Å². The minimum Gasteiger partial charge on any atom is -0.341 e. The number of non-ortho nitro benzene ring substituents is 1. The number of ketones is 1. The molecule has 0 amide bonds. The number of nitro benzene ring substituents is 2. The van der Waals surface area contributed by atoms with Crippen LogP contribution in [-0.2, 0) is 23.0 Å². The van der Waals surface area contributed by atoms with Crippen LogP contribution in [0.3, 0.4) is 0 Å². The molecule has 3 rings (SSSR count). The van der Waals surface area contributed by atoms with Crippen molar-refractivity contribution in [3.8, 4) is 0 Å². The quantitative estimate of drug-likeness (QED) is 0.211. The maximum Gasteiger partial charge on any atom is 0.293 e. The predicted molar refractivity (Wildman–Crippen MR) is 117 cm³/mol. The molecule has 1 aromatic heterocycles. The van der Waals surface area contributed by atoms with E-state index in [2.05, 4.69) is 4.72 Å². The van der Waals surface area contributed by atoms with E-state index >= 15 is 0 Å². The first-order valence-electron chi connectivity index (χ1n) is 9.55. The molecule has 0 saturated carbocycles. The Balaban J connectivity index is 1.98. The molecule has 32 heavy (non-hydrogen) atoms. The van der Waals surface area contributed by atoms with E-state index in [9.17, 15) is 33.4 Å². The average molecular weight is 460 g/mol. The van der Waals surface area contributed by atoms with Gasteiger partial charge in [-0.15, -0.1) is 0 Å². The van der Waals surface area contributed by atoms with Crippen LogP contribution in [0.4, 0.5) is 11.4 Å². The molecule has 1 heterocycles. The lowest BCUT2D eigenvalue weighted by Crippen LogP contribution is -2.23. The number of sulfonamides is 1. The van der Waals surface area contributed by atoms with Crippen LogP contribution >= 0.6 is 0 Å². The molecule has 0 saturated heterocycles. The van der Waals surface area contributed by atoms with Gasteiger partial charge in [-0.1, -0.05) is 30.3 Å². The number of fused-ring (bicyclic) bond motifs is 1. The fraction of sp³-hybridized carbons (Fsp3) is 0.250. The van der Waals surface area contributed by atoms with Gasteiger partial charge in [-0.2, -0.15) is 0 Å². The van der Waals surface area contributed by atoms with Crippen LogP contribution in [0.15, 0.2) is 48.7 Å². The fourth-order valence-corrected chi connectivity index (χ4v) is 4.02. The number of nitrogens with one attached hydrogen (secondary N) is 1. The fourth-order valence-electron chi connectivity index (χ4n) is 3.50. The molecule has 0 unspecified atom stereocenters. The summed E-state index contributed by atoms with van der Waals surface area (Å²) >= 11 is 0. The molecule has 11 nitrogen and oxygen atoms in total. The van der Waals surface area contributed by atoms with Crippen molar-refractivity contribution in [1.29, 1.82) is 0 Å². The van der Waals surface area contributed by atoms with Gasteiger partial charge in [0.2, 0.25) is 10.0 Å². The second-order valence-corrected chi connectivity index (χ2v) is 9.01. The predicted octanol–water partition coefficient (Wildman–Crippen LogP) is 2.82. The van der Waals surface area contributed by atoms with Gasteiger partial charge in [-0.25, -0.2) is 13.1 Å². The SMILES string of the molecule is CS(=O)(=O)NCCCn1cc(C(=O)Cc2ccccc2[N+](=O)[O-])c2cccc([N+](=O)[O-])c21. The Kier molecular flexibility index (Phi) is 6.65. The van der Waals surface area contributed by atoms with Crippen LogP contribution in [0.5, 0.6) is 0 Å². The van der Waals surface area contributed by atoms with Gasteiger partial charge in [0.15, 0.2) is 5.78 Å². The Morgan fingerprint density at radius 2 is 1.69 bits per heavy atom. The first-order chi connectivity index (χ1) is 15.1. The first kappa shape index (κ1) is 23.0. The summed E-state index contributed by atoms with van der Waals surface area (Å²) in [5, 5.41) is 23.2. The molecule has 3 aromatic rings. The van der Waals surface area contributed by atoms with Gasteiger partial charge in [0.1, 0.15) is 5.52 Å². The monoisotopic (exact) mass is 460 g/mol. The van der Waals surface area contributed by atoms with Crippen LogP contribution in [0.2, 0.25) is 0 Å². The highest BCUT2D eigenvalue weighted by molar-refractivity contribution is 7.88. The van der Waals surface area contributed by atoms with Crippen molar-refractivity contribution in [3.63, 3.8) is 0 Å². The minimum absolute atomic E-state index is 0.124. The zero-order chi connectivity index (χ0) is 23.5. The van der Waals surface area contributed by atoms with Crippen LogP contribution < -0.4 is 4.72 Å². The van der Waals surface area contributed by atoms with Gasteiger partial charge < -0.3 is 4.57 Å². The molecule has 0 bridgehead atoms. The maximum atomic E-state index is 13.1. The second-order valence-electron chi connectivity index (χ2n) is 7.17. The third-order valence-electron chi connectivity index (χ3n) is 4.85. The molecule has 12 heteroatoms. The van der Waals surface area contributed by atoms with Crippen molar-refractivity contribution in [2.45, 2.75) is 19.4 Å². The van der Waals surface area contributed by atoms with Crippen LogP contribution in [0.25, 0.3) is 10.9 Å². The minimum atomic E-state index is -3.37. The summed E-state index contributed by atoms with van der Waals surface area (Å²) in [5.74, 6) is -0.419. The van der Waals surface area contributed by atoms with E-state index in [0.717, 1.165) is 6.26 Å². The highest BCUT2D eigenvalue weighted by atomic mass is 32.2. The number of para-hydroxylation sites is 2. The van der Waals surface area contributed by atoms with E-state index in [1.54, 1.807) is 16.7 Å². The number of nitro groups is 2. The molecule has 0 aliphatic rings. The number of benzene rings is 2. The van der Waals surface area contributed by atoms with Gasteiger partial charge in [0.25, 0.3) is 11.4 Å². The summed E-state index contributed by atoms with van der Waals surface area (Å²) in [4.78, 5) is 34.8. The number of hydrogen-bond acceptors (Lipinski definition) is 7. The lowest BCUT2D eigenvalue weighted by Gasteiger charge is -2.06. The third-order valence-corrected chi connectivity index (χ3v) is 5.58. The maximum absolute atomic E-state index is 13.1. The van der Waals surface area contributed by atoms with Crippen molar-refractivity contribution in [1.82, 2.24) is 9.29 Å². The number of aromatic nitrogens is 1. The van der Waals surface area contributed by atoms with Crippen molar-refractivity contribution < 1.29 is 23.1 Å². The highest BCUT2D eigenvalue weighted by Gasteiger charge is 2.24. The number of aryl methyl sites for hydroxylation is 1. The Labute approximate surface area is 183 Å². The number of hydrogen-bond donors (Lipinski definition) is 1. The molecular weight excluding hydrogens is 440 g/mol. The smallest absolute Gasteiger partial charge is 0.293 e. The number of nitrogens with zero attached hydrogens (tertiary/aromatic N) is 3. The zero-order valence-electron chi connectivity index (χ0n) is 17.1. The summed E-state index contributed by atoms with van der Waals surface area (Å²) in [6, 6.07) is 10.3. The van der Waals surface area contributed by atoms with Crippen LogP contribution in [0.1, 0.15) is 22.3 Å². The number of carbonyl (C=O) groups excluding carboxylic acids is 1. The summed E-state index contributed by atoms with van der Waals surface area (Å²) in [7, 11) is -3.37. The average Bonchev–Trinajstić information content (AvgIpc) is 3.09. The topological polar surface area (TPSA) is 154 Å². The van der Waals surface area contributed by atoms with Crippen molar-refractivity contribution >= 4 is 38.1 Å². The highest BCUT2D eigenvalue weighted by Crippen LogP contribution is 2.31. The Morgan fingerprint density at radius 3 is 2.34 bits per heavy atom. The molecular formula is C20H20N4O7S. The van der Waals surface area contributed by atoms with E-state index in [1.807, 2.05) is 0 Å². The summed E-state index contributed by atoms with van der Waals surface area (Å²) < 4.78 is 26.4. The summed E-state index contributed by atoms with van der Waals surface area (Å²) in [6.45, 7) is 0.348. The van der Waals surface area contributed by atoms with E-state index < -0.39 is 25.7 Å². The van der Waals surface area contributed by atoms with Crippen molar-refractivity contribution in [2.75, 3.05) is 12.8 Å². The lowest BCUT2D eigenvalue weighted by molar-refractivity contribution is -0.385. The molecule has 0 fully saturated rings. The van der Waals surface area contributed by atoms with E-state index in [0.29, 0.717) is 11.8 Å². The molecule has 1 N–H and O–H groups in total. The van der Waals surface area contributed by atoms with Gasteiger partial charge >= 0.3 is 0 Å². The van der Waals surface area contributed by atoms with Gasteiger partial charge in [0.05, 0.1) is 16.1 Å². The van der Waals surface area contributed by atoms with Gasteiger partial charge in [-0.05, 0) is 6.42 Å². The van der Waals surface area contributed by atoms with Crippen LogP contribution in [-0.4, -0.2) is 41.4 Å². The zero-order valence-corrected chi connectivity index (χ0v) is 17.9. The molecule has 2 aromatic carbocycles. The van der Waals surface area contributed by atoms with Crippen molar-refractivity contribution in [3.05, 3.63) is 80.0 Å². The molecule has 168 valence electrons. The molecule has 0 atom stereocenters. The van der Waals surface area contributed by atoms with Gasteiger partial charge in [0, 0.05) is 54.4 Å². The van der Waals surface area contributed by atoms with E-state index in [4.69, 9.17) is 0 Å². The van der Waals surface area contributed by atoms with Gasteiger partial charge in [-0.3, -0.25) is 25.0 Å². The second kappa shape index (κ2) is 9.24. The number of Topliss-reactive ketones (excluding diaryl/α,β-unsaturated/α-hetero) is 1.